The number of likely N-dealkylation sites (tertiary alicyclic amines) is 1. The van der Waals surface area contributed by atoms with Crippen molar-refractivity contribution >= 4 is 17.6 Å². The fraction of sp³-hybridized carbons (Fsp3) is 0.459. The fourth-order valence-corrected chi connectivity index (χ4v) is 5.54. The van der Waals surface area contributed by atoms with Gasteiger partial charge in [-0.25, -0.2) is 4.79 Å². The summed E-state index contributed by atoms with van der Waals surface area (Å²) in [7, 11) is 0. The van der Waals surface area contributed by atoms with E-state index in [1.54, 1.807) is 0 Å². The van der Waals surface area contributed by atoms with Crippen molar-refractivity contribution in [2.24, 2.45) is 0 Å². The van der Waals surface area contributed by atoms with Crippen molar-refractivity contribution in [2.75, 3.05) is 77.6 Å². The molecule has 0 bridgehead atoms. The van der Waals surface area contributed by atoms with Gasteiger partial charge < -0.3 is 24.4 Å². The van der Waals surface area contributed by atoms with E-state index in [1.165, 1.54) is 5.56 Å². The Morgan fingerprint density at radius 3 is 2.17 bits per heavy atom. The number of ether oxygens (including phenoxy) is 3. The van der Waals surface area contributed by atoms with E-state index in [-0.39, 0.29) is 11.9 Å². The molecule has 2 N–H and O–H groups in total. The molecule has 1 saturated heterocycles. The number of hydrogen-bond donors (Lipinski definition) is 2. The molecule has 3 aromatic carbocycles. The van der Waals surface area contributed by atoms with Gasteiger partial charge >= 0.3 is 6.09 Å². The Morgan fingerprint density at radius 2 is 1.50 bits per heavy atom. The molecule has 1 amide bonds. The molecule has 0 spiro atoms. The Bertz CT molecular complexity index is 1300. The SMILES string of the molecule is CCOCCN(CCOCC)Cc1ccc(C(=O)CNCCN2CCC(OC(=O)Nc3ccccc3-c3ccccc3)CC2)cc1. The van der Waals surface area contributed by atoms with E-state index in [0.717, 1.165) is 75.5 Å². The molecule has 0 aromatic heterocycles. The highest BCUT2D eigenvalue weighted by atomic mass is 16.6. The van der Waals surface area contributed by atoms with Crippen LogP contribution in [0.1, 0.15) is 42.6 Å². The van der Waals surface area contributed by atoms with Gasteiger partial charge in [-0.2, -0.15) is 0 Å². The maximum absolute atomic E-state index is 12.8. The molecule has 1 fully saturated rings. The third-order valence-electron chi connectivity index (χ3n) is 8.14. The minimum atomic E-state index is -0.421. The topological polar surface area (TPSA) is 92.4 Å². The van der Waals surface area contributed by atoms with E-state index in [9.17, 15) is 9.59 Å². The van der Waals surface area contributed by atoms with Gasteiger partial charge in [-0.15, -0.1) is 0 Å². The largest absolute Gasteiger partial charge is 0.446 e. The Labute approximate surface area is 274 Å². The summed E-state index contributed by atoms with van der Waals surface area (Å²) in [5.41, 5.74) is 4.62. The van der Waals surface area contributed by atoms with Crippen LogP contribution in [0.3, 0.4) is 0 Å². The van der Waals surface area contributed by atoms with Crippen molar-refractivity contribution in [3.8, 4) is 11.1 Å². The molecule has 0 unspecified atom stereocenters. The molecule has 1 aliphatic rings. The highest BCUT2D eigenvalue weighted by molar-refractivity contribution is 5.97. The van der Waals surface area contributed by atoms with Crippen LogP contribution in [0.2, 0.25) is 0 Å². The number of nitrogens with one attached hydrogen (secondary N) is 2. The number of ketones is 1. The number of anilines is 1. The first-order valence-corrected chi connectivity index (χ1v) is 16.6. The van der Waals surface area contributed by atoms with Crippen molar-refractivity contribution in [3.63, 3.8) is 0 Å². The van der Waals surface area contributed by atoms with Crippen molar-refractivity contribution in [1.82, 2.24) is 15.1 Å². The standard InChI is InChI=1S/C37H50N4O5/c1-3-44-26-24-41(25-27-45-4-2)29-30-14-16-32(17-15-30)36(42)28-38-20-23-40-21-18-33(19-22-40)46-37(43)39-35-13-9-8-12-34(35)31-10-6-5-7-11-31/h5-17,33,38H,3-4,18-29H2,1-2H3,(H,39,43). The van der Waals surface area contributed by atoms with Gasteiger partial charge in [0, 0.05) is 70.2 Å². The zero-order chi connectivity index (χ0) is 32.4. The predicted molar refractivity (Wildman–Crippen MR) is 183 cm³/mol. The number of rotatable bonds is 19. The number of benzene rings is 3. The third-order valence-corrected chi connectivity index (χ3v) is 8.14. The molecule has 0 aliphatic carbocycles. The summed E-state index contributed by atoms with van der Waals surface area (Å²) < 4.78 is 16.8. The van der Waals surface area contributed by atoms with E-state index in [2.05, 4.69) is 20.4 Å². The molecule has 3 aromatic rings. The fourth-order valence-electron chi connectivity index (χ4n) is 5.54. The lowest BCUT2D eigenvalue weighted by Gasteiger charge is -2.31. The van der Waals surface area contributed by atoms with Crippen LogP contribution in [0.4, 0.5) is 10.5 Å². The molecule has 1 aliphatic heterocycles. The lowest BCUT2D eigenvalue weighted by atomic mass is 10.0. The Kier molecular flexibility index (Phi) is 15.2. The second-order valence-corrected chi connectivity index (χ2v) is 11.4. The van der Waals surface area contributed by atoms with Crippen LogP contribution in [0.25, 0.3) is 11.1 Å². The normalized spacial score (nSPS) is 14.0. The van der Waals surface area contributed by atoms with Gasteiger partial charge in [0.25, 0.3) is 0 Å². The summed E-state index contributed by atoms with van der Waals surface area (Å²) in [6, 6.07) is 25.7. The van der Waals surface area contributed by atoms with Crippen molar-refractivity contribution in [3.05, 3.63) is 90.0 Å². The van der Waals surface area contributed by atoms with Gasteiger partial charge in [0.1, 0.15) is 6.10 Å². The zero-order valence-electron chi connectivity index (χ0n) is 27.4. The highest BCUT2D eigenvalue weighted by Crippen LogP contribution is 2.28. The number of amides is 1. The Morgan fingerprint density at radius 1 is 0.848 bits per heavy atom. The van der Waals surface area contributed by atoms with Crippen LogP contribution >= 0.6 is 0 Å². The molecule has 0 atom stereocenters. The number of piperidine rings is 1. The van der Waals surface area contributed by atoms with Crippen LogP contribution in [-0.2, 0) is 20.8 Å². The summed E-state index contributed by atoms with van der Waals surface area (Å²) in [5.74, 6) is 0.0862. The van der Waals surface area contributed by atoms with E-state index in [0.29, 0.717) is 38.5 Å². The molecule has 46 heavy (non-hydrogen) atoms. The molecule has 248 valence electrons. The van der Waals surface area contributed by atoms with Crippen LogP contribution in [0.15, 0.2) is 78.9 Å². The van der Waals surface area contributed by atoms with E-state index < -0.39 is 6.09 Å². The molecule has 9 heteroatoms. The summed E-state index contributed by atoms with van der Waals surface area (Å²) in [6.07, 6.45) is 1.04. The van der Waals surface area contributed by atoms with Crippen LogP contribution in [0.5, 0.6) is 0 Å². The monoisotopic (exact) mass is 630 g/mol. The minimum absolute atomic E-state index is 0.0862. The predicted octanol–water partition coefficient (Wildman–Crippen LogP) is 5.71. The number of para-hydroxylation sites is 1. The van der Waals surface area contributed by atoms with Crippen LogP contribution in [-0.4, -0.2) is 100 Å². The van der Waals surface area contributed by atoms with E-state index in [1.807, 2.05) is 92.7 Å². The molecular formula is C37H50N4O5. The van der Waals surface area contributed by atoms with Gasteiger partial charge in [-0.3, -0.25) is 15.0 Å². The lowest BCUT2D eigenvalue weighted by molar-refractivity contribution is 0.0593. The first-order chi connectivity index (χ1) is 22.6. The van der Waals surface area contributed by atoms with Gasteiger partial charge in [-0.05, 0) is 43.9 Å². The summed E-state index contributed by atoms with van der Waals surface area (Å²) in [6.45, 7) is 12.9. The van der Waals surface area contributed by atoms with E-state index >= 15 is 0 Å². The number of Topliss-reactive ketones (excluding diaryl/α,β-unsaturated/α-hetero) is 1. The highest BCUT2D eigenvalue weighted by Gasteiger charge is 2.22. The first kappa shape index (κ1) is 35.3. The van der Waals surface area contributed by atoms with Crippen LogP contribution in [0, 0.1) is 0 Å². The van der Waals surface area contributed by atoms with Crippen molar-refractivity contribution < 1.29 is 23.8 Å². The number of carbonyl (C=O) groups excluding carboxylic acids is 2. The average molecular weight is 631 g/mol. The van der Waals surface area contributed by atoms with E-state index in [4.69, 9.17) is 14.2 Å². The number of carbonyl (C=O) groups is 2. The minimum Gasteiger partial charge on any atom is -0.446 e. The smallest absolute Gasteiger partial charge is 0.411 e. The van der Waals surface area contributed by atoms with Crippen molar-refractivity contribution in [2.45, 2.75) is 39.3 Å². The number of nitrogens with zero attached hydrogens (tertiary/aromatic N) is 2. The first-order valence-electron chi connectivity index (χ1n) is 16.6. The molecular weight excluding hydrogens is 580 g/mol. The molecule has 9 nitrogen and oxygen atoms in total. The maximum atomic E-state index is 12.8. The number of hydrogen-bond acceptors (Lipinski definition) is 8. The second kappa shape index (κ2) is 19.8. The molecule has 0 radical (unpaired) electrons. The average Bonchev–Trinajstić information content (AvgIpc) is 3.08. The Hall–Kier alpha value is -3.60. The zero-order valence-corrected chi connectivity index (χ0v) is 27.4. The summed E-state index contributed by atoms with van der Waals surface area (Å²) in [5, 5.41) is 6.24. The summed E-state index contributed by atoms with van der Waals surface area (Å²) >= 11 is 0. The third kappa shape index (κ3) is 12.0. The van der Waals surface area contributed by atoms with Crippen molar-refractivity contribution in [1.29, 1.82) is 0 Å². The Balaban J connectivity index is 1.12. The lowest BCUT2D eigenvalue weighted by Crippen LogP contribution is -2.42. The molecule has 4 rings (SSSR count). The van der Waals surface area contributed by atoms with Crippen LogP contribution < -0.4 is 10.6 Å². The van der Waals surface area contributed by atoms with Gasteiger partial charge in [-0.1, -0.05) is 72.8 Å². The summed E-state index contributed by atoms with van der Waals surface area (Å²) in [4.78, 5) is 30.1. The second-order valence-electron chi connectivity index (χ2n) is 11.4. The maximum Gasteiger partial charge on any atom is 0.411 e. The van der Waals surface area contributed by atoms with Gasteiger partial charge in [0.2, 0.25) is 0 Å². The van der Waals surface area contributed by atoms with Gasteiger partial charge in [0.15, 0.2) is 5.78 Å². The quantitative estimate of drug-likeness (QED) is 0.129. The molecule has 1 heterocycles. The van der Waals surface area contributed by atoms with Gasteiger partial charge in [0.05, 0.1) is 25.4 Å². The molecule has 0 saturated carbocycles.